The fourth-order valence-electron chi connectivity index (χ4n) is 3.38. The Labute approximate surface area is 134 Å². The molecule has 4 heteroatoms. The SMILES string of the molecule is Brc1cccc2c(N3CCCN(C4CC4)CC3)ccnc12. The quantitative estimate of drug-likeness (QED) is 0.827. The van der Waals surface area contributed by atoms with Crippen LogP contribution in [0.1, 0.15) is 19.3 Å². The molecule has 1 saturated heterocycles. The van der Waals surface area contributed by atoms with Gasteiger partial charge in [0.2, 0.25) is 0 Å². The average molecular weight is 346 g/mol. The first-order valence-corrected chi connectivity index (χ1v) is 8.64. The Balaban J connectivity index is 1.65. The molecule has 0 spiro atoms. The molecule has 21 heavy (non-hydrogen) atoms. The molecule has 110 valence electrons. The van der Waals surface area contributed by atoms with Crippen LogP contribution in [-0.2, 0) is 0 Å². The van der Waals surface area contributed by atoms with Crippen LogP contribution in [0.15, 0.2) is 34.9 Å². The molecule has 0 unspecified atom stereocenters. The summed E-state index contributed by atoms with van der Waals surface area (Å²) in [6.45, 7) is 4.73. The van der Waals surface area contributed by atoms with Crippen molar-refractivity contribution in [2.45, 2.75) is 25.3 Å². The number of aromatic nitrogens is 1. The van der Waals surface area contributed by atoms with E-state index in [4.69, 9.17) is 0 Å². The van der Waals surface area contributed by atoms with Crippen molar-refractivity contribution in [3.05, 3.63) is 34.9 Å². The van der Waals surface area contributed by atoms with Crippen molar-refractivity contribution in [2.24, 2.45) is 0 Å². The van der Waals surface area contributed by atoms with E-state index in [1.807, 2.05) is 6.20 Å². The second-order valence-electron chi connectivity index (χ2n) is 6.07. The topological polar surface area (TPSA) is 19.4 Å². The van der Waals surface area contributed by atoms with Crippen molar-refractivity contribution >= 4 is 32.5 Å². The van der Waals surface area contributed by atoms with Gasteiger partial charge in [-0.25, -0.2) is 0 Å². The van der Waals surface area contributed by atoms with E-state index in [9.17, 15) is 0 Å². The van der Waals surface area contributed by atoms with Gasteiger partial charge in [0, 0.05) is 54.0 Å². The molecule has 1 aliphatic carbocycles. The first-order chi connectivity index (χ1) is 10.3. The van der Waals surface area contributed by atoms with Gasteiger partial charge in [-0.2, -0.15) is 0 Å². The van der Waals surface area contributed by atoms with E-state index in [1.54, 1.807) is 0 Å². The molecule has 0 atom stereocenters. The average Bonchev–Trinajstić information content (AvgIpc) is 3.33. The van der Waals surface area contributed by atoms with Crippen LogP contribution >= 0.6 is 15.9 Å². The fourth-order valence-corrected chi connectivity index (χ4v) is 3.85. The number of nitrogens with zero attached hydrogens (tertiary/aromatic N) is 3. The number of pyridine rings is 1. The van der Waals surface area contributed by atoms with Gasteiger partial charge in [-0.3, -0.25) is 9.88 Å². The summed E-state index contributed by atoms with van der Waals surface area (Å²) in [5, 5.41) is 1.26. The minimum atomic E-state index is 0.883. The van der Waals surface area contributed by atoms with Gasteiger partial charge in [-0.05, 0) is 47.3 Å². The van der Waals surface area contributed by atoms with E-state index in [0.717, 1.165) is 29.1 Å². The summed E-state index contributed by atoms with van der Waals surface area (Å²) < 4.78 is 1.08. The maximum atomic E-state index is 4.53. The summed E-state index contributed by atoms with van der Waals surface area (Å²) in [4.78, 5) is 9.75. The number of halogens is 1. The van der Waals surface area contributed by atoms with Gasteiger partial charge in [0.25, 0.3) is 0 Å². The van der Waals surface area contributed by atoms with Crippen LogP contribution in [0.3, 0.4) is 0 Å². The van der Waals surface area contributed by atoms with Crippen LogP contribution in [0, 0.1) is 0 Å². The molecule has 1 aromatic heterocycles. The highest BCUT2D eigenvalue weighted by atomic mass is 79.9. The molecule has 1 aromatic carbocycles. The predicted molar refractivity (Wildman–Crippen MR) is 90.9 cm³/mol. The van der Waals surface area contributed by atoms with Crippen molar-refractivity contribution in [1.82, 2.24) is 9.88 Å². The van der Waals surface area contributed by atoms with Crippen LogP contribution in [-0.4, -0.2) is 42.1 Å². The number of fused-ring (bicyclic) bond motifs is 1. The Morgan fingerprint density at radius 2 is 1.95 bits per heavy atom. The molecule has 4 rings (SSSR count). The monoisotopic (exact) mass is 345 g/mol. The molecule has 0 radical (unpaired) electrons. The minimum absolute atomic E-state index is 0.883. The zero-order valence-electron chi connectivity index (χ0n) is 12.1. The van der Waals surface area contributed by atoms with Crippen LogP contribution < -0.4 is 4.90 Å². The van der Waals surface area contributed by atoms with Crippen molar-refractivity contribution in [2.75, 3.05) is 31.1 Å². The van der Waals surface area contributed by atoms with Crippen molar-refractivity contribution in [3.63, 3.8) is 0 Å². The van der Waals surface area contributed by atoms with Crippen LogP contribution in [0.4, 0.5) is 5.69 Å². The number of benzene rings is 1. The van der Waals surface area contributed by atoms with Gasteiger partial charge in [0.15, 0.2) is 0 Å². The van der Waals surface area contributed by atoms with Crippen LogP contribution in [0.2, 0.25) is 0 Å². The van der Waals surface area contributed by atoms with Gasteiger partial charge >= 0.3 is 0 Å². The first-order valence-electron chi connectivity index (χ1n) is 7.85. The third kappa shape index (κ3) is 2.67. The Morgan fingerprint density at radius 3 is 2.81 bits per heavy atom. The van der Waals surface area contributed by atoms with E-state index in [-0.39, 0.29) is 0 Å². The number of rotatable bonds is 2. The summed E-state index contributed by atoms with van der Waals surface area (Å²) in [6.07, 6.45) is 6.01. The summed E-state index contributed by atoms with van der Waals surface area (Å²) in [5.41, 5.74) is 2.40. The lowest BCUT2D eigenvalue weighted by molar-refractivity contribution is 0.283. The van der Waals surface area contributed by atoms with E-state index in [0.29, 0.717) is 0 Å². The third-order valence-electron chi connectivity index (χ3n) is 4.63. The molecule has 3 nitrogen and oxygen atoms in total. The zero-order valence-corrected chi connectivity index (χ0v) is 13.7. The molecule has 2 fully saturated rings. The lowest BCUT2D eigenvalue weighted by Crippen LogP contribution is -2.32. The molecule has 2 heterocycles. The summed E-state index contributed by atoms with van der Waals surface area (Å²) in [5.74, 6) is 0. The molecule has 2 aromatic rings. The van der Waals surface area contributed by atoms with Gasteiger partial charge in [0.1, 0.15) is 0 Å². The van der Waals surface area contributed by atoms with Crippen LogP contribution in [0.5, 0.6) is 0 Å². The molecule has 1 saturated carbocycles. The molecule has 1 aliphatic heterocycles. The number of hydrogen-bond acceptors (Lipinski definition) is 3. The van der Waals surface area contributed by atoms with E-state index in [1.165, 1.54) is 43.4 Å². The predicted octanol–water partition coefficient (Wildman–Crippen LogP) is 3.67. The Morgan fingerprint density at radius 1 is 1.05 bits per heavy atom. The molecule has 0 amide bonds. The van der Waals surface area contributed by atoms with E-state index >= 15 is 0 Å². The molecular formula is C17H20BrN3. The highest BCUT2D eigenvalue weighted by Crippen LogP contribution is 2.32. The van der Waals surface area contributed by atoms with E-state index < -0.39 is 0 Å². The highest BCUT2D eigenvalue weighted by Gasteiger charge is 2.30. The normalized spacial score (nSPS) is 20.7. The second-order valence-corrected chi connectivity index (χ2v) is 6.93. The standard InChI is InChI=1S/C17H20BrN3/c18-15-4-1-3-14-16(7-8-19-17(14)15)21-10-2-9-20(11-12-21)13-5-6-13/h1,3-4,7-8,13H,2,5-6,9-12H2. The lowest BCUT2D eigenvalue weighted by atomic mass is 10.1. The van der Waals surface area contributed by atoms with Gasteiger partial charge < -0.3 is 4.90 Å². The number of para-hydroxylation sites is 1. The fraction of sp³-hybridized carbons (Fsp3) is 0.471. The molecule has 0 N–H and O–H groups in total. The summed E-state index contributed by atoms with van der Waals surface area (Å²) >= 11 is 3.62. The lowest BCUT2D eigenvalue weighted by Gasteiger charge is -2.25. The third-order valence-corrected chi connectivity index (χ3v) is 5.27. The maximum Gasteiger partial charge on any atom is 0.0864 e. The Hall–Kier alpha value is -1.13. The first kappa shape index (κ1) is 13.5. The van der Waals surface area contributed by atoms with Gasteiger partial charge in [-0.1, -0.05) is 12.1 Å². The van der Waals surface area contributed by atoms with Crippen molar-refractivity contribution in [1.29, 1.82) is 0 Å². The second kappa shape index (κ2) is 5.58. The summed E-state index contributed by atoms with van der Waals surface area (Å²) in [6, 6.07) is 9.41. The molecule has 0 bridgehead atoms. The molecule has 2 aliphatic rings. The number of hydrogen-bond donors (Lipinski definition) is 0. The maximum absolute atomic E-state index is 4.53. The van der Waals surface area contributed by atoms with Gasteiger partial charge in [0.05, 0.1) is 5.52 Å². The smallest absolute Gasteiger partial charge is 0.0864 e. The molecular weight excluding hydrogens is 326 g/mol. The highest BCUT2D eigenvalue weighted by molar-refractivity contribution is 9.10. The van der Waals surface area contributed by atoms with E-state index in [2.05, 4.69) is 55.0 Å². The van der Waals surface area contributed by atoms with Crippen LogP contribution in [0.25, 0.3) is 10.9 Å². The zero-order chi connectivity index (χ0) is 14.2. The minimum Gasteiger partial charge on any atom is -0.370 e. The largest absolute Gasteiger partial charge is 0.370 e. The Kier molecular flexibility index (Phi) is 3.59. The Bertz CT molecular complexity index is 654. The summed E-state index contributed by atoms with van der Waals surface area (Å²) in [7, 11) is 0. The van der Waals surface area contributed by atoms with Crippen molar-refractivity contribution < 1.29 is 0 Å². The van der Waals surface area contributed by atoms with Crippen molar-refractivity contribution in [3.8, 4) is 0 Å². The van der Waals surface area contributed by atoms with Gasteiger partial charge in [-0.15, -0.1) is 0 Å². The number of anilines is 1.